The van der Waals surface area contributed by atoms with Crippen molar-refractivity contribution in [1.29, 1.82) is 0 Å². The van der Waals surface area contributed by atoms with Crippen LogP contribution < -0.4 is 75.4 Å². The van der Waals surface area contributed by atoms with Crippen LogP contribution in [0.1, 0.15) is 0 Å². The van der Waals surface area contributed by atoms with E-state index in [2.05, 4.69) is 28.3 Å². The molecule has 22 valence electrons. The molecule has 0 spiro atoms. The SMILES string of the molecule is BrBr.[I-].[K+]. The van der Waals surface area contributed by atoms with Crippen molar-refractivity contribution in [2.75, 3.05) is 0 Å². The first kappa shape index (κ1) is 15.7. The van der Waals surface area contributed by atoms with Gasteiger partial charge in [0.05, 0.1) is 0 Å². The molecule has 0 atom stereocenters. The molecular weight excluding hydrogens is 326 g/mol. The van der Waals surface area contributed by atoms with Crippen molar-refractivity contribution in [3.05, 3.63) is 0 Å². The molecule has 0 aliphatic carbocycles. The van der Waals surface area contributed by atoms with Gasteiger partial charge in [0, 0.05) is 28.3 Å². The second kappa shape index (κ2) is 16.2. The predicted octanol–water partition coefficient (Wildman–Crippen LogP) is -4.30. The standard InChI is InChI=1S/Br2.HI.K/c1-2;;/h;1H;/q;;+1/p-1. The molecule has 0 aliphatic rings. The van der Waals surface area contributed by atoms with E-state index < -0.39 is 0 Å². The van der Waals surface area contributed by atoms with Crippen LogP contribution in [0.2, 0.25) is 0 Å². The summed E-state index contributed by atoms with van der Waals surface area (Å²) < 4.78 is 0. The van der Waals surface area contributed by atoms with Crippen LogP contribution in [0.25, 0.3) is 0 Å². The third-order valence-electron chi connectivity index (χ3n) is 0. The Balaban J connectivity index is -0.00000000500. The molecule has 0 fully saturated rings. The Morgan fingerprint density at radius 2 is 1.00 bits per heavy atom. The normalized spacial score (nSPS) is 1.50. The number of halogens is 3. The van der Waals surface area contributed by atoms with Crippen LogP contribution in [-0.4, -0.2) is 0 Å². The van der Waals surface area contributed by atoms with Gasteiger partial charge in [0.2, 0.25) is 0 Å². The minimum atomic E-state index is 0. The van der Waals surface area contributed by atoms with Crippen LogP contribution in [0, 0.1) is 0 Å². The molecule has 0 aromatic rings. The Bertz CT molecular complexity index is 6.00. The molecule has 0 saturated heterocycles. The van der Waals surface area contributed by atoms with Gasteiger partial charge in [-0.3, -0.25) is 0 Å². The third kappa shape index (κ3) is 9.01. The molecule has 0 aromatic carbocycles. The number of hydrogen-bond donors (Lipinski definition) is 0. The maximum Gasteiger partial charge on any atom is 1.00 e. The van der Waals surface area contributed by atoms with Crippen molar-refractivity contribution in [3.63, 3.8) is 0 Å². The minimum absolute atomic E-state index is 0. The summed E-state index contributed by atoms with van der Waals surface area (Å²) in [5.74, 6) is 0. The first-order chi connectivity index (χ1) is 1.00. The van der Waals surface area contributed by atoms with E-state index in [0.29, 0.717) is 0 Å². The molecule has 4 heavy (non-hydrogen) atoms. The van der Waals surface area contributed by atoms with Crippen LogP contribution in [-0.2, 0) is 0 Å². The van der Waals surface area contributed by atoms with E-state index in [-0.39, 0.29) is 75.4 Å². The van der Waals surface area contributed by atoms with E-state index >= 15 is 0 Å². The van der Waals surface area contributed by atoms with E-state index in [1.165, 1.54) is 0 Å². The summed E-state index contributed by atoms with van der Waals surface area (Å²) in [4.78, 5) is 0. The largest absolute Gasteiger partial charge is 1.00 e. The molecule has 0 rings (SSSR count). The van der Waals surface area contributed by atoms with Crippen LogP contribution in [0.3, 0.4) is 0 Å². The molecule has 4 heteroatoms. The van der Waals surface area contributed by atoms with Crippen LogP contribution >= 0.6 is 28.3 Å². The summed E-state index contributed by atoms with van der Waals surface area (Å²) in [7, 11) is 0. The number of rotatable bonds is 0. The summed E-state index contributed by atoms with van der Waals surface area (Å²) in [6, 6.07) is 0. The first-order valence-corrected chi connectivity index (χ1v) is 3.86. The van der Waals surface area contributed by atoms with Gasteiger partial charge < -0.3 is 24.0 Å². The zero-order valence-electron chi connectivity index (χ0n) is 2.13. The second-order valence-corrected chi connectivity index (χ2v) is 0. The van der Waals surface area contributed by atoms with E-state index in [9.17, 15) is 0 Å². The zero-order valence-corrected chi connectivity index (χ0v) is 10.6. The van der Waals surface area contributed by atoms with Crippen molar-refractivity contribution in [3.8, 4) is 0 Å². The minimum Gasteiger partial charge on any atom is -1.00 e. The van der Waals surface area contributed by atoms with Crippen LogP contribution in [0.5, 0.6) is 0 Å². The van der Waals surface area contributed by atoms with Gasteiger partial charge in [-0.2, -0.15) is 0 Å². The van der Waals surface area contributed by atoms with Gasteiger partial charge in [-0.1, -0.05) is 0 Å². The molecule has 0 amide bonds. The van der Waals surface area contributed by atoms with Crippen LogP contribution in [0.15, 0.2) is 0 Å². The summed E-state index contributed by atoms with van der Waals surface area (Å²) in [6.07, 6.45) is 0. The van der Waals surface area contributed by atoms with Gasteiger partial charge >= 0.3 is 51.4 Å². The van der Waals surface area contributed by atoms with Gasteiger partial charge in [-0.25, -0.2) is 0 Å². The molecule has 0 radical (unpaired) electrons. The fourth-order valence-corrected chi connectivity index (χ4v) is 0. The average Bonchev–Trinajstić information content (AvgIpc) is 1.00. The molecular formula is Br2IK. The Morgan fingerprint density at radius 1 is 1.00 bits per heavy atom. The van der Waals surface area contributed by atoms with Crippen LogP contribution in [0.4, 0.5) is 0 Å². The van der Waals surface area contributed by atoms with Crippen molar-refractivity contribution in [1.82, 2.24) is 0 Å². The fraction of sp³-hybridized carbons (Fsp3) is 0. The van der Waals surface area contributed by atoms with Gasteiger partial charge in [-0.05, 0) is 0 Å². The first-order valence-electron chi connectivity index (χ1n) is 0.143. The Labute approximate surface area is 101 Å². The topological polar surface area (TPSA) is 0 Å². The van der Waals surface area contributed by atoms with E-state index in [1.807, 2.05) is 0 Å². The molecule has 0 saturated carbocycles. The quantitative estimate of drug-likeness (QED) is 0.312. The summed E-state index contributed by atoms with van der Waals surface area (Å²) in [5.41, 5.74) is 0. The maximum absolute atomic E-state index is 2.75. The molecule has 0 aromatic heterocycles. The Hall–Kier alpha value is 3.33. The molecule has 0 nitrogen and oxygen atoms in total. The fourth-order valence-electron chi connectivity index (χ4n) is 0. The monoisotopic (exact) mass is 324 g/mol. The average molecular weight is 326 g/mol. The molecule has 0 N–H and O–H groups in total. The van der Waals surface area contributed by atoms with E-state index in [4.69, 9.17) is 0 Å². The third-order valence-corrected chi connectivity index (χ3v) is 0. The second-order valence-electron chi connectivity index (χ2n) is 0. The van der Waals surface area contributed by atoms with Gasteiger partial charge in [0.25, 0.3) is 0 Å². The van der Waals surface area contributed by atoms with Gasteiger partial charge in [-0.15, -0.1) is 0 Å². The van der Waals surface area contributed by atoms with Crippen molar-refractivity contribution in [2.24, 2.45) is 0 Å². The van der Waals surface area contributed by atoms with Gasteiger partial charge in [0.15, 0.2) is 0 Å². The number of hydrogen-bond acceptors (Lipinski definition) is 0. The van der Waals surface area contributed by atoms with Crippen molar-refractivity contribution >= 4 is 28.3 Å². The molecule has 0 bridgehead atoms. The Morgan fingerprint density at radius 3 is 1.00 bits per heavy atom. The molecule has 0 aliphatic heterocycles. The predicted molar refractivity (Wildman–Crippen MR) is 17.9 cm³/mol. The van der Waals surface area contributed by atoms with E-state index in [0.717, 1.165) is 0 Å². The van der Waals surface area contributed by atoms with Crippen molar-refractivity contribution in [2.45, 2.75) is 0 Å². The summed E-state index contributed by atoms with van der Waals surface area (Å²) in [6.45, 7) is 0. The summed E-state index contributed by atoms with van der Waals surface area (Å²) >= 11 is 5.50. The van der Waals surface area contributed by atoms with Gasteiger partial charge in [0.1, 0.15) is 0 Å². The smallest absolute Gasteiger partial charge is 1.00 e. The maximum atomic E-state index is 2.75. The zero-order chi connectivity index (χ0) is 2.00. The summed E-state index contributed by atoms with van der Waals surface area (Å²) in [5, 5.41) is 0. The van der Waals surface area contributed by atoms with Crippen molar-refractivity contribution < 1.29 is 75.4 Å². The molecule has 0 unspecified atom stereocenters. The molecule has 0 heterocycles. The Kier molecular flexibility index (Phi) is 63.5. The van der Waals surface area contributed by atoms with E-state index in [1.54, 1.807) is 0 Å².